The minimum absolute atomic E-state index is 0.0473. The van der Waals surface area contributed by atoms with E-state index in [4.69, 9.17) is 10.5 Å². The number of rotatable bonds is 6. The Morgan fingerprint density at radius 2 is 2.00 bits per heavy atom. The number of primary amides is 1. The molecule has 0 aliphatic rings. The van der Waals surface area contributed by atoms with E-state index in [1.54, 1.807) is 7.05 Å². The predicted molar refractivity (Wildman–Crippen MR) is 62.8 cm³/mol. The van der Waals surface area contributed by atoms with Crippen LogP contribution in [-0.4, -0.2) is 40.6 Å². The summed E-state index contributed by atoms with van der Waals surface area (Å²) in [5.41, 5.74) is 5.01. The maximum atomic E-state index is 10.6. The second kappa shape index (κ2) is 5.83. The van der Waals surface area contributed by atoms with Crippen molar-refractivity contribution in [1.82, 2.24) is 15.0 Å². The maximum absolute atomic E-state index is 10.6. The second-order valence-corrected chi connectivity index (χ2v) is 3.50. The Morgan fingerprint density at radius 1 is 1.35 bits per heavy atom. The molecule has 1 aromatic heterocycles. The average Bonchev–Trinajstić information content (AvgIpc) is 2.25. The number of hydrogen-bond donors (Lipinski definition) is 3. The molecule has 0 radical (unpaired) electrons. The van der Waals surface area contributed by atoms with Crippen LogP contribution in [0.5, 0.6) is 6.01 Å². The monoisotopic (exact) mass is 240 g/mol. The number of nitrogens with one attached hydrogen (secondary N) is 2. The first-order chi connectivity index (χ1) is 8.01. The van der Waals surface area contributed by atoms with E-state index in [1.165, 1.54) is 0 Å². The largest absolute Gasteiger partial charge is 0.461 e. The lowest BCUT2D eigenvalue weighted by atomic mass is 10.5. The Kier molecular flexibility index (Phi) is 4.44. The first-order valence-electron chi connectivity index (χ1n) is 5.14. The Morgan fingerprint density at radius 3 is 2.53 bits per heavy atom. The average molecular weight is 240 g/mol. The molecule has 0 aliphatic heterocycles. The van der Waals surface area contributed by atoms with Gasteiger partial charge in [0, 0.05) is 7.05 Å². The van der Waals surface area contributed by atoms with Crippen LogP contribution >= 0.6 is 0 Å². The Balaban J connectivity index is 2.84. The van der Waals surface area contributed by atoms with Crippen molar-refractivity contribution in [2.45, 2.75) is 20.0 Å². The van der Waals surface area contributed by atoms with E-state index in [9.17, 15) is 4.79 Å². The number of aromatic nitrogens is 3. The lowest BCUT2D eigenvalue weighted by molar-refractivity contribution is -0.116. The molecular formula is C9H16N6O2. The van der Waals surface area contributed by atoms with Crippen molar-refractivity contribution in [2.24, 2.45) is 5.73 Å². The van der Waals surface area contributed by atoms with Crippen molar-refractivity contribution < 1.29 is 9.53 Å². The lowest BCUT2D eigenvalue weighted by Crippen LogP contribution is -2.23. The number of hydrogen-bond acceptors (Lipinski definition) is 7. The van der Waals surface area contributed by atoms with Gasteiger partial charge in [0.15, 0.2) is 0 Å². The highest BCUT2D eigenvalue weighted by Crippen LogP contribution is 2.11. The molecule has 0 spiro atoms. The molecule has 0 aromatic carbocycles. The molecule has 4 N–H and O–H groups in total. The SMILES string of the molecule is CNc1nc(NCC(N)=O)nc(OC(C)C)n1. The number of carbonyl (C=O) groups excluding carboxylic acids is 1. The fraction of sp³-hybridized carbons (Fsp3) is 0.556. The predicted octanol–water partition coefficient (Wildman–Crippen LogP) is -0.402. The molecule has 94 valence electrons. The summed E-state index contributed by atoms with van der Waals surface area (Å²) in [5.74, 6) is 0.0872. The van der Waals surface area contributed by atoms with Gasteiger partial charge in [-0.1, -0.05) is 0 Å². The van der Waals surface area contributed by atoms with Gasteiger partial charge in [-0.2, -0.15) is 15.0 Å². The van der Waals surface area contributed by atoms with Crippen LogP contribution in [-0.2, 0) is 4.79 Å². The third-order valence-electron chi connectivity index (χ3n) is 1.60. The van der Waals surface area contributed by atoms with E-state index in [1.807, 2.05) is 13.8 Å². The van der Waals surface area contributed by atoms with Gasteiger partial charge in [-0.3, -0.25) is 4.79 Å². The van der Waals surface area contributed by atoms with Crippen LogP contribution in [0.3, 0.4) is 0 Å². The van der Waals surface area contributed by atoms with Crippen LogP contribution in [0.4, 0.5) is 11.9 Å². The molecule has 0 saturated carbocycles. The minimum Gasteiger partial charge on any atom is -0.461 e. The van der Waals surface area contributed by atoms with E-state index in [-0.39, 0.29) is 24.6 Å². The van der Waals surface area contributed by atoms with Crippen molar-refractivity contribution >= 4 is 17.8 Å². The number of anilines is 2. The van der Waals surface area contributed by atoms with Gasteiger partial charge in [0.25, 0.3) is 0 Å². The summed E-state index contributed by atoms with van der Waals surface area (Å²) >= 11 is 0. The van der Waals surface area contributed by atoms with Crippen LogP contribution in [0.25, 0.3) is 0 Å². The standard InChI is InChI=1S/C9H16N6O2/c1-5(2)17-9-14-7(11-3)13-8(15-9)12-4-6(10)16/h5H,4H2,1-3H3,(H2,10,16)(H2,11,12,13,14,15). The first kappa shape index (κ1) is 12.9. The van der Waals surface area contributed by atoms with Crippen LogP contribution < -0.4 is 21.1 Å². The number of amides is 1. The van der Waals surface area contributed by atoms with Crippen LogP contribution in [0.2, 0.25) is 0 Å². The number of nitrogens with zero attached hydrogens (tertiary/aromatic N) is 3. The van der Waals surface area contributed by atoms with E-state index in [0.29, 0.717) is 5.95 Å². The summed E-state index contributed by atoms with van der Waals surface area (Å²) in [5, 5.41) is 5.45. The van der Waals surface area contributed by atoms with Gasteiger partial charge in [0.1, 0.15) is 0 Å². The normalized spacial score (nSPS) is 10.1. The molecule has 0 fully saturated rings. The minimum atomic E-state index is -0.497. The van der Waals surface area contributed by atoms with Gasteiger partial charge in [0.05, 0.1) is 12.6 Å². The molecule has 8 heteroatoms. The molecular weight excluding hydrogens is 224 g/mol. The topological polar surface area (TPSA) is 115 Å². The third-order valence-corrected chi connectivity index (χ3v) is 1.60. The summed E-state index contributed by atoms with van der Waals surface area (Å²) < 4.78 is 5.35. The van der Waals surface area contributed by atoms with Crippen molar-refractivity contribution in [1.29, 1.82) is 0 Å². The fourth-order valence-corrected chi connectivity index (χ4v) is 0.977. The quantitative estimate of drug-likeness (QED) is 0.619. The molecule has 0 bridgehead atoms. The van der Waals surface area contributed by atoms with Crippen molar-refractivity contribution in [3.63, 3.8) is 0 Å². The van der Waals surface area contributed by atoms with E-state index in [0.717, 1.165) is 0 Å². The van der Waals surface area contributed by atoms with Gasteiger partial charge < -0.3 is 21.1 Å². The zero-order chi connectivity index (χ0) is 12.8. The van der Waals surface area contributed by atoms with Crippen LogP contribution in [0, 0.1) is 0 Å². The second-order valence-electron chi connectivity index (χ2n) is 3.50. The molecule has 0 unspecified atom stereocenters. The van der Waals surface area contributed by atoms with Gasteiger partial charge in [-0.15, -0.1) is 0 Å². The number of ether oxygens (including phenoxy) is 1. The van der Waals surface area contributed by atoms with Crippen LogP contribution in [0.1, 0.15) is 13.8 Å². The van der Waals surface area contributed by atoms with Crippen molar-refractivity contribution in [3.8, 4) is 6.01 Å². The zero-order valence-corrected chi connectivity index (χ0v) is 10.0. The molecule has 0 atom stereocenters. The summed E-state index contributed by atoms with van der Waals surface area (Å²) in [6.45, 7) is 3.67. The third kappa shape index (κ3) is 4.49. The Hall–Kier alpha value is -2.12. The number of carbonyl (C=O) groups is 1. The smallest absolute Gasteiger partial charge is 0.323 e. The lowest BCUT2D eigenvalue weighted by Gasteiger charge is -2.10. The van der Waals surface area contributed by atoms with Gasteiger partial charge in [0.2, 0.25) is 17.8 Å². The summed E-state index contributed by atoms with van der Waals surface area (Å²) in [6, 6.07) is 0.186. The summed E-state index contributed by atoms with van der Waals surface area (Å²) in [6.07, 6.45) is -0.0499. The maximum Gasteiger partial charge on any atom is 0.323 e. The summed E-state index contributed by atoms with van der Waals surface area (Å²) in [7, 11) is 1.67. The van der Waals surface area contributed by atoms with Crippen LogP contribution in [0.15, 0.2) is 0 Å². The van der Waals surface area contributed by atoms with Gasteiger partial charge >= 0.3 is 6.01 Å². The van der Waals surface area contributed by atoms with E-state index >= 15 is 0 Å². The van der Waals surface area contributed by atoms with Gasteiger partial charge in [-0.25, -0.2) is 0 Å². The molecule has 17 heavy (non-hydrogen) atoms. The Labute approximate surface area is 99.0 Å². The molecule has 1 amide bonds. The number of nitrogens with two attached hydrogens (primary N) is 1. The highest BCUT2D eigenvalue weighted by Gasteiger charge is 2.08. The zero-order valence-electron chi connectivity index (χ0n) is 10.0. The summed E-state index contributed by atoms with van der Waals surface area (Å²) in [4.78, 5) is 22.6. The highest BCUT2D eigenvalue weighted by molar-refractivity contribution is 5.78. The molecule has 0 aliphatic carbocycles. The fourth-order valence-electron chi connectivity index (χ4n) is 0.977. The highest BCUT2D eigenvalue weighted by atomic mass is 16.5. The van der Waals surface area contributed by atoms with Crippen molar-refractivity contribution in [2.75, 3.05) is 24.2 Å². The molecule has 1 rings (SSSR count). The molecule has 1 heterocycles. The molecule has 0 saturated heterocycles. The van der Waals surface area contributed by atoms with Gasteiger partial charge in [-0.05, 0) is 13.8 Å². The first-order valence-corrected chi connectivity index (χ1v) is 5.14. The molecule has 8 nitrogen and oxygen atoms in total. The van der Waals surface area contributed by atoms with E-state index in [2.05, 4.69) is 25.6 Å². The molecule has 1 aromatic rings. The van der Waals surface area contributed by atoms with Crippen molar-refractivity contribution in [3.05, 3.63) is 0 Å². The van der Waals surface area contributed by atoms with E-state index < -0.39 is 5.91 Å². The Bertz CT molecular complexity index is 395.